The number of ether oxygens (including phenoxy) is 2. The largest absolute Gasteiger partial charge is 0.496 e. The molecule has 1 N–H and O–H groups in total. The van der Waals surface area contributed by atoms with Crippen molar-refractivity contribution in [1.29, 1.82) is 0 Å². The number of nitrogens with one attached hydrogen (secondary N) is 1. The fraction of sp³-hybridized carbons (Fsp3) is 0.438. The van der Waals surface area contributed by atoms with Crippen LogP contribution in [-0.4, -0.2) is 49.6 Å². The molecule has 0 radical (unpaired) electrons. The van der Waals surface area contributed by atoms with Crippen LogP contribution in [0.4, 0.5) is 5.82 Å². The molecule has 2 aromatic heterocycles. The molecule has 2 heterocycles. The summed E-state index contributed by atoms with van der Waals surface area (Å²) >= 11 is 7.09. The van der Waals surface area contributed by atoms with Crippen molar-refractivity contribution in [2.45, 2.75) is 52.9 Å². The minimum atomic E-state index is 0.615. The summed E-state index contributed by atoms with van der Waals surface area (Å²) in [4.78, 5) is 12.9. The number of hydrogen-bond acceptors (Lipinski definition) is 7. The first-order chi connectivity index (χ1) is 20.2. The highest BCUT2D eigenvalue weighted by Gasteiger charge is 2.25. The second kappa shape index (κ2) is 18.1. The predicted molar refractivity (Wildman–Crippen MR) is 179 cm³/mol. The maximum absolute atomic E-state index is 5.65. The first kappa shape index (κ1) is 35.5. The van der Waals surface area contributed by atoms with Crippen molar-refractivity contribution in [2.75, 3.05) is 40.3 Å². The van der Waals surface area contributed by atoms with Gasteiger partial charge in [0.25, 0.3) is 0 Å². The van der Waals surface area contributed by atoms with Gasteiger partial charge in [0.2, 0.25) is 0 Å². The zero-order chi connectivity index (χ0) is 31.1. The molecule has 0 aliphatic heterocycles. The van der Waals surface area contributed by atoms with E-state index in [4.69, 9.17) is 14.5 Å². The number of rotatable bonds is 10. The van der Waals surface area contributed by atoms with E-state index in [1.54, 1.807) is 31.0 Å². The summed E-state index contributed by atoms with van der Waals surface area (Å²) in [7, 11) is 6.17. The number of hydrogen-bond donors (Lipinski definition) is 1. The lowest BCUT2D eigenvalue weighted by Crippen LogP contribution is -2.09. The number of halogens is 2. The zero-order valence-electron chi connectivity index (χ0n) is 25.8. The molecule has 4 rings (SSSR count). The van der Waals surface area contributed by atoms with Crippen molar-refractivity contribution in [3.05, 3.63) is 69.8 Å². The fourth-order valence-electron chi connectivity index (χ4n) is 4.57. The molecule has 0 unspecified atom stereocenters. The summed E-state index contributed by atoms with van der Waals surface area (Å²) in [5, 5.41) is 7.89. The van der Waals surface area contributed by atoms with E-state index >= 15 is 0 Å². The first-order valence-corrected chi connectivity index (χ1v) is 15.5. The topological polar surface area (TPSA) is 79.1 Å². The Morgan fingerprint density at radius 2 is 1.79 bits per heavy atom. The lowest BCUT2D eigenvalue weighted by Gasteiger charge is -2.19. The van der Waals surface area contributed by atoms with Gasteiger partial charge < -0.3 is 14.8 Å². The quantitative estimate of drug-likeness (QED) is 0.128. The van der Waals surface area contributed by atoms with E-state index in [0.717, 1.165) is 31.3 Å². The van der Waals surface area contributed by atoms with Gasteiger partial charge in [-0.05, 0) is 74.7 Å². The van der Waals surface area contributed by atoms with Crippen molar-refractivity contribution in [2.24, 2.45) is 5.41 Å². The van der Waals surface area contributed by atoms with E-state index in [2.05, 4.69) is 72.5 Å². The molecular weight excluding hydrogens is 664 g/mol. The SMILES string of the molecule is C=C/C=C\C(=C/C)CNc1cc(-c2c(OC)ccc(Br)c2OC)nc2c(Br)cnn12.CCC1(C)CCCC1.COOC. The standard InChI is InChI=1S/C22H22Br2N4O2.C8H16.C2H6O2/c1-5-7-8-14(6-2)12-25-19-11-17(27-22-16(24)13-26-28(19)22)20-18(29-3)10-9-15(23)21(20)30-4;1-3-8(2)6-4-5-7-8;1-3-4-2/h5-11,13,25H,1,12H2,2-4H3;3-7H2,1-2H3;1-2H3/b8-7-,14-6+;;. The van der Waals surface area contributed by atoms with Gasteiger partial charge in [-0.25, -0.2) is 14.8 Å². The van der Waals surface area contributed by atoms with Crippen LogP contribution in [0.2, 0.25) is 0 Å². The number of nitrogens with zero attached hydrogens (tertiary/aromatic N) is 3. The van der Waals surface area contributed by atoms with Gasteiger partial charge in [0.05, 0.1) is 54.8 Å². The van der Waals surface area contributed by atoms with Gasteiger partial charge in [0.15, 0.2) is 5.65 Å². The van der Waals surface area contributed by atoms with Crippen LogP contribution in [0.25, 0.3) is 16.9 Å². The molecule has 0 bridgehead atoms. The highest BCUT2D eigenvalue weighted by Crippen LogP contribution is 2.43. The lowest BCUT2D eigenvalue weighted by molar-refractivity contribution is -0.248. The Balaban J connectivity index is 0.000000427. The molecule has 0 atom stereocenters. The van der Waals surface area contributed by atoms with Gasteiger partial charge >= 0.3 is 0 Å². The van der Waals surface area contributed by atoms with Crippen molar-refractivity contribution < 1.29 is 19.2 Å². The smallest absolute Gasteiger partial charge is 0.172 e. The third-order valence-corrected chi connectivity index (χ3v) is 8.49. The number of fused-ring (bicyclic) bond motifs is 1. The summed E-state index contributed by atoms with van der Waals surface area (Å²) in [5.41, 5.74) is 3.99. The molecule has 0 saturated heterocycles. The molecular formula is C32H44Br2N4O4. The molecule has 0 spiro atoms. The molecule has 3 aromatic rings. The molecule has 42 heavy (non-hydrogen) atoms. The van der Waals surface area contributed by atoms with Crippen LogP contribution < -0.4 is 14.8 Å². The average Bonchev–Trinajstić information content (AvgIpc) is 3.63. The van der Waals surface area contributed by atoms with Crippen molar-refractivity contribution in [3.63, 3.8) is 0 Å². The second-order valence-electron chi connectivity index (χ2n) is 9.93. The molecule has 1 fully saturated rings. The van der Waals surface area contributed by atoms with E-state index in [-0.39, 0.29) is 0 Å². The Morgan fingerprint density at radius 3 is 2.31 bits per heavy atom. The third kappa shape index (κ3) is 9.69. The molecule has 10 heteroatoms. The Hall–Kier alpha value is -2.66. The summed E-state index contributed by atoms with van der Waals surface area (Å²) in [6.45, 7) is 11.1. The van der Waals surface area contributed by atoms with Crippen LogP contribution in [0.5, 0.6) is 11.5 Å². The van der Waals surface area contributed by atoms with Crippen molar-refractivity contribution in [3.8, 4) is 22.8 Å². The Kier molecular flexibility index (Phi) is 15.3. The Morgan fingerprint density at radius 1 is 1.10 bits per heavy atom. The van der Waals surface area contributed by atoms with E-state index < -0.39 is 0 Å². The summed E-state index contributed by atoms with van der Waals surface area (Å²) < 4.78 is 14.6. The predicted octanol–water partition coefficient (Wildman–Crippen LogP) is 9.21. The van der Waals surface area contributed by atoms with Gasteiger partial charge in [-0.3, -0.25) is 0 Å². The van der Waals surface area contributed by atoms with E-state index in [1.807, 2.05) is 43.4 Å². The maximum Gasteiger partial charge on any atom is 0.172 e. The highest BCUT2D eigenvalue weighted by atomic mass is 79.9. The minimum absolute atomic E-state index is 0.615. The van der Waals surface area contributed by atoms with Gasteiger partial charge in [0, 0.05) is 12.6 Å². The number of allylic oxidation sites excluding steroid dienone is 3. The Bertz CT molecular complexity index is 1350. The first-order valence-electron chi connectivity index (χ1n) is 13.9. The number of anilines is 1. The van der Waals surface area contributed by atoms with Crippen molar-refractivity contribution in [1.82, 2.24) is 14.6 Å². The fourth-order valence-corrected chi connectivity index (χ4v) is 5.41. The van der Waals surface area contributed by atoms with Gasteiger partial charge in [0.1, 0.15) is 17.3 Å². The Labute approximate surface area is 267 Å². The molecule has 1 saturated carbocycles. The van der Waals surface area contributed by atoms with Gasteiger partial charge in [-0.15, -0.1) is 0 Å². The molecule has 0 amide bonds. The molecule has 8 nitrogen and oxygen atoms in total. The average molecular weight is 709 g/mol. The highest BCUT2D eigenvalue weighted by molar-refractivity contribution is 9.11. The van der Waals surface area contributed by atoms with Crippen LogP contribution in [0.3, 0.4) is 0 Å². The summed E-state index contributed by atoms with van der Waals surface area (Å²) in [5.74, 6) is 2.10. The zero-order valence-corrected chi connectivity index (χ0v) is 29.0. The number of benzene rings is 1. The van der Waals surface area contributed by atoms with Crippen LogP contribution >= 0.6 is 31.9 Å². The summed E-state index contributed by atoms with van der Waals surface area (Å²) in [6.07, 6.45) is 16.7. The molecule has 1 aliphatic carbocycles. The molecule has 230 valence electrons. The minimum Gasteiger partial charge on any atom is -0.496 e. The van der Waals surface area contributed by atoms with Crippen molar-refractivity contribution >= 4 is 43.3 Å². The second-order valence-corrected chi connectivity index (χ2v) is 11.6. The molecule has 1 aliphatic rings. The normalized spacial score (nSPS) is 14.2. The number of aromatic nitrogens is 3. The van der Waals surface area contributed by atoms with E-state index in [1.165, 1.54) is 46.3 Å². The maximum atomic E-state index is 5.65. The molecule has 1 aromatic carbocycles. The van der Waals surface area contributed by atoms with Crippen LogP contribution in [0.15, 0.2) is 69.8 Å². The van der Waals surface area contributed by atoms with Crippen LogP contribution in [0, 0.1) is 5.41 Å². The van der Waals surface area contributed by atoms with E-state index in [0.29, 0.717) is 29.4 Å². The van der Waals surface area contributed by atoms with Crippen LogP contribution in [-0.2, 0) is 9.78 Å². The summed E-state index contributed by atoms with van der Waals surface area (Å²) in [6, 6.07) is 5.70. The monoisotopic (exact) mass is 706 g/mol. The van der Waals surface area contributed by atoms with Gasteiger partial charge in [-0.1, -0.05) is 64.0 Å². The van der Waals surface area contributed by atoms with E-state index in [9.17, 15) is 0 Å². The van der Waals surface area contributed by atoms with Gasteiger partial charge in [-0.2, -0.15) is 9.61 Å². The lowest BCUT2D eigenvalue weighted by atomic mass is 9.86. The third-order valence-electron chi connectivity index (χ3n) is 7.30. The van der Waals surface area contributed by atoms with Crippen LogP contribution in [0.1, 0.15) is 52.9 Å². The number of methoxy groups -OCH3 is 2.